The predicted octanol–water partition coefficient (Wildman–Crippen LogP) is 17.0. The standard InChI is InChI=1S/C58H66N4O4/c1-3-5-7-9-11-13-15-17-19-21-39-63-49-35-31-45(32-36-49)51-53-56(66-57(61-53)47-27-23-43(41-59)24-28-47)52(54-55(51)65-58(62-54)48-29-25-44(42-60)26-30-48)46-33-37-50(38-34-46)64-40-22-20-18-16-14-12-10-8-6-4-2/h23-38H,3-22,39-40H2,1-2H3. The molecule has 0 aliphatic carbocycles. The average molecular weight is 883 g/mol. The van der Waals surface area contributed by atoms with Crippen LogP contribution in [0.3, 0.4) is 0 Å². The summed E-state index contributed by atoms with van der Waals surface area (Å²) in [6, 6.07) is 35.1. The summed E-state index contributed by atoms with van der Waals surface area (Å²) in [5.41, 5.74) is 8.23. The van der Waals surface area contributed by atoms with Crippen molar-refractivity contribution in [1.82, 2.24) is 9.97 Å². The van der Waals surface area contributed by atoms with Crippen molar-refractivity contribution in [2.24, 2.45) is 0 Å². The van der Waals surface area contributed by atoms with Gasteiger partial charge in [0.25, 0.3) is 0 Å². The van der Waals surface area contributed by atoms with Crippen molar-refractivity contribution < 1.29 is 18.3 Å². The SMILES string of the molecule is CCCCCCCCCCCCOc1ccc(-c2c3nc(-c4ccc(C#N)cc4)oc3c(-c3ccc(OCCCCCCCCCCCC)cc3)c3nc(-c4ccc(C#N)cc4)oc23)cc1. The van der Waals surface area contributed by atoms with Gasteiger partial charge in [0.2, 0.25) is 11.8 Å². The van der Waals surface area contributed by atoms with Crippen LogP contribution in [0.4, 0.5) is 0 Å². The number of nitrogens with zero attached hydrogens (tertiary/aromatic N) is 4. The second kappa shape index (κ2) is 25.4. The van der Waals surface area contributed by atoms with Crippen molar-refractivity contribution in [1.29, 1.82) is 10.5 Å². The highest BCUT2D eigenvalue weighted by Crippen LogP contribution is 2.46. The molecule has 0 spiro atoms. The molecule has 2 aromatic heterocycles. The predicted molar refractivity (Wildman–Crippen MR) is 267 cm³/mol. The first kappa shape index (κ1) is 47.6. The van der Waals surface area contributed by atoms with E-state index in [0.29, 0.717) is 58.3 Å². The molecule has 0 radical (unpaired) electrons. The van der Waals surface area contributed by atoms with Crippen LogP contribution in [0, 0.1) is 22.7 Å². The number of unbranched alkanes of at least 4 members (excludes halogenated alkanes) is 18. The lowest BCUT2D eigenvalue weighted by atomic mass is 9.96. The van der Waals surface area contributed by atoms with Crippen molar-refractivity contribution in [3.05, 3.63) is 108 Å². The number of nitriles is 2. The molecule has 0 amide bonds. The van der Waals surface area contributed by atoms with Crippen LogP contribution >= 0.6 is 0 Å². The van der Waals surface area contributed by atoms with Gasteiger partial charge in [-0.1, -0.05) is 154 Å². The maximum Gasteiger partial charge on any atom is 0.227 e. The first-order valence-corrected chi connectivity index (χ1v) is 24.8. The topological polar surface area (TPSA) is 118 Å². The van der Waals surface area contributed by atoms with E-state index >= 15 is 0 Å². The number of rotatable bonds is 28. The molecule has 8 nitrogen and oxygen atoms in total. The summed E-state index contributed by atoms with van der Waals surface area (Å²) in [4.78, 5) is 10.3. The summed E-state index contributed by atoms with van der Waals surface area (Å²) in [6.45, 7) is 5.88. The zero-order chi connectivity index (χ0) is 45.8. The van der Waals surface area contributed by atoms with Gasteiger partial charge in [0.05, 0.1) is 47.6 Å². The van der Waals surface area contributed by atoms with Gasteiger partial charge in [-0.2, -0.15) is 10.5 Å². The molecule has 8 heteroatoms. The highest BCUT2D eigenvalue weighted by molar-refractivity contribution is 6.16. The van der Waals surface area contributed by atoms with Crippen molar-refractivity contribution in [2.45, 2.75) is 142 Å². The van der Waals surface area contributed by atoms with Gasteiger partial charge in [-0.3, -0.25) is 0 Å². The normalized spacial score (nSPS) is 11.3. The van der Waals surface area contributed by atoms with Crippen LogP contribution in [0.15, 0.2) is 106 Å². The molecule has 7 rings (SSSR count). The number of fused-ring (bicyclic) bond motifs is 2. The summed E-state index contributed by atoms with van der Waals surface area (Å²) in [5.74, 6) is 2.46. The Morgan fingerprint density at radius 1 is 0.394 bits per heavy atom. The largest absolute Gasteiger partial charge is 0.494 e. The minimum atomic E-state index is 0.421. The second-order valence-electron chi connectivity index (χ2n) is 17.6. The van der Waals surface area contributed by atoms with Crippen molar-refractivity contribution in [3.8, 4) is 68.8 Å². The molecule has 2 heterocycles. The van der Waals surface area contributed by atoms with Gasteiger partial charge < -0.3 is 18.3 Å². The van der Waals surface area contributed by atoms with Crippen LogP contribution in [0.25, 0.3) is 67.4 Å². The van der Waals surface area contributed by atoms with E-state index in [-0.39, 0.29) is 0 Å². The maximum atomic E-state index is 9.51. The number of ether oxygens (including phenoxy) is 2. The molecule has 0 aliphatic heterocycles. The molecule has 0 aliphatic rings. The lowest BCUT2D eigenvalue weighted by Crippen LogP contribution is -1.97. The highest BCUT2D eigenvalue weighted by atomic mass is 16.5. The Labute approximate surface area is 392 Å². The lowest BCUT2D eigenvalue weighted by Gasteiger charge is -2.11. The zero-order valence-corrected chi connectivity index (χ0v) is 39.2. The minimum Gasteiger partial charge on any atom is -0.494 e. The molecular weight excluding hydrogens is 817 g/mol. The Kier molecular flexibility index (Phi) is 18.3. The smallest absolute Gasteiger partial charge is 0.227 e. The first-order chi connectivity index (χ1) is 32.6. The van der Waals surface area contributed by atoms with Crippen molar-refractivity contribution in [3.63, 3.8) is 0 Å². The fourth-order valence-electron chi connectivity index (χ4n) is 8.69. The average Bonchev–Trinajstić information content (AvgIpc) is 4.00. The first-order valence-electron chi connectivity index (χ1n) is 24.8. The minimum absolute atomic E-state index is 0.421. The third-order valence-corrected chi connectivity index (χ3v) is 12.5. The van der Waals surface area contributed by atoms with E-state index in [0.717, 1.165) is 57.7 Å². The Bertz CT molecular complexity index is 2390. The Morgan fingerprint density at radius 3 is 1.02 bits per heavy atom. The van der Waals surface area contributed by atoms with E-state index in [9.17, 15) is 10.5 Å². The van der Waals surface area contributed by atoms with Gasteiger partial charge in [0.15, 0.2) is 11.2 Å². The summed E-state index contributed by atoms with van der Waals surface area (Å²) < 4.78 is 26.0. The zero-order valence-electron chi connectivity index (χ0n) is 39.2. The Morgan fingerprint density at radius 2 is 0.697 bits per heavy atom. The van der Waals surface area contributed by atoms with Crippen LogP contribution in [-0.4, -0.2) is 23.2 Å². The van der Waals surface area contributed by atoms with E-state index in [1.54, 1.807) is 24.3 Å². The van der Waals surface area contributed by atoms with Crippen LogP contribution in [0.2, 0.25) is 0 Å². The highest BCUT2D eigenvalue weighted by Gasteiger charge is 2.27. The van der Waals surface area contributed by atoms with E-state index < -0.39 is 0 Å². The number of hydrogen-bond acceptors (Lipinski definition) is 8. The number of hydrogen-bond donors (Lipinski definition) is 0. The fraction of sp³-hybridized carbons (Fsp3) is 0.414. The molecule has 0 unspecified atom stereocenters. The van der Waals surface area contributed by atoms with Crippen molar-refractivity contribution in [2.75, 3.05) is 13.2 Å². The molecule has 0 N–H and O–H groups in total. The molecular formula is C58H66N4O4. The summed E-state index contributed by atoms with van der Waals surface area (Å²) in [6.07, 6.45) is 25.6. The van der Waals surface area contributed by atoms with Crippen LogP contribution in [-0.2, 0) is 0 Å². The fourth-order valence-corrected chi connectivity index (χ4v) is 8.69. The van der Waals surface area contributed by atoms with Crippen LogP contribution < -0.4 is 9.47 Å². The summed E-state index contributed by atoms with van der Waals surface area (Å²) in [5, 5.41) is 19.0. The van der Waals surface area contributed by atoms with Crippen LogP contribution in [0.1, 0.15) is 153 Å². The van der Waals surface area contributed by atoms with E-state index in [4.69, 9.17) is 28.3 Å². The number of aromatic nitrogens is 2. The quantitative estimate of drug-likeness (QED) is 0.0446. The van der Waals surface area contributed by atoms with Crippen LogP contribution in [0.5, 0.6) is 11.5 Å². The van der Waals surface area contributed by atoms with Gasteiger partial charge in [-0.25, -0.2) is 9.97 Å². The Hall–Kier alpha value is -6.38. The summed E-state index contributed by atoms with van der Waals surface area (Å²) >= 11 is 0. The lowest BCUT2D eigenvalue weighted by molar-refractivity contribution is 0.304. The second-order valence-corrected chi connectivity index (χ2v) is 17.6. The maximum absolute atomic E-state index is 9.51. The number of benzene rings is 5. The third kappa shape index (κ3) is 12.9. The van der Waals surface area contributed by atoms with Gasteiger partial charge in [-0.05, 0) is 96.8 Å². The van der Waals surface area contributed by atoms with Gasteiger partial charge in [-0.15, -0.1) is 0 Å². The number of oxazole rings is 2. The van der Waals surface area contributed by atoms with E-state index in [1.807, 2.05) is 72.8 Å². The third-order valence-electron chi connectivity index (χ3n) is 12.5. The molecule has 0 saturated carbocycles. The summed E-state index contributed by atoms with van der Waals surface area (Å²) in [7, 11) is 0. The Balaban J connectivity index is 1.15. The molecule has 66 heavy (non-hydrogen) atoms. The molecule has 0 bridgehead atoms. The van der Waals surface area contributed by atoms with Gasteiger partial charge in [0, 0.05) is 11.1 Å². The molecule has 5 aromatic carbocycles. The van der Waals surface area contributed by atoms with E-state index in [2.05, 4.69) is 26.0 Å². The van der Waals surface area contributed by atoms with Gasteiger partial charge in [0.1, 0.15) is 22.5 Å². The molecule has 0 atom stereocenters. The van der Waals surface area contributed by atoms with E-state index in [1.165, 1.54) is 116 Å². The molecule has 342 valence electrons. The monoisotopic (exact) mass is 883 g/mol. The molecule has 0 saturated heterocycles. The molecule has 0 fully saturated rings. The van der Waals surface area contributed by atoms with Gasteiger partial charge >= 0.3 is 0 Å². The van der Waals surface area contributed by atoms with Crippen molar-refractivity contribution >= 4 is 22.2 Å². The molecule has 7 aromatic rings.